The second kappa shape index (κ2) is 8.60. The first-order valence-electron chi connectivity index (χ1n) is 10.2. The van der Waals surface area contributed by atoms with E-state index in [-0.39, 0.29) is 12.6 Å². The van der Waals surface area contributed by atoms with Gasteiger partial charge in [-0.1, -0.05) is 5.21 Å². The zero-order valence-electron chi connectivity index (χ0n) is 18.8. The summed E-state index contributed by atoms with van der Waals surface area (Å²) in [4.78, 5) is 8.64. The summed E-state index contributed by atoms with van der Waals surface area (Å²) >= 11 is 0. The van der Waals surface area contributed by atoms with Gasteiger partial charge in [0.2, 0.25) is 11.8 Å². The lowest BCUT2D eigenvalue weighted by molar-refractivity contribution is -0.129. The fourth-order valence-corrected chi connectivity index (χ4v) is 2.86. The molecule has 0 saturated heterocycles. The van der Waals surface area contributed by atoms with Crippen LogP contribution in [0.4, 0.5) is 11.6 Å². The highest BCUT2D eigenvalue weighted by Gasteiger charge is 2.38. The van der Waals surface area contributed by atoms with E-state index in [2.05, 4.69) is 25.6 Å². The molecule has 0 aliphatic carbocycles. The lowest BCUT2D eigenvalue weighted by Gasteiger charge is -2.35. The van der Waals surface area contributed by atoms with Gasteiger partial charge in [0.1, 0.15) is 11.3 Å². The molecule has 0 aliphatic heterocycles. The summed E-state index contributed by atoms with van der Waals surface area (Å²) in [5.41, 5.74) is 0.676. The van der Waals surface area contributed by atoms with Crippen LogP contribution < -0.4 is 10.1 Å². The number of rotatable bonds is 8. The van der Waals surface area contributed by atoms with Gasteiger partial charge in [0.05, 0.1) is 24.4 Å². The molecule has 0 spiro atoms. The van der Waals surface area contributed by atoms with E-state index in [1.807, 2.05) is 39.0 Å². The van der Waals surface area contributed by atoms with Crippen LogP contribution in [-0.4, -0.2) is 52.5 Å². The number of aryl methyl sites for hydroxylation is 1. The summed E-state index contributed by atoms with van der Waals surface area (Å²) in [5.74, 6) is 0.932. The summed E-state index contributed by atoms with van der Waals surface area (Å²) in [6.45, 7) is 10.7. The maximum atomic E-state index is 10.5. The average molecular weight is 427 g/mol. The Kier molecular flexibility index (Phi) is 6.28. The highest BCUT2D eigenvalue weighted by atomic mass is 16.5. The normalized spacial score (nSPS) is 13.8. The molecule has 0 fully saturated rings. The van der Waals surface area contributed by atoms with Crippen LogP contribution >= 0.6 is 0 Å². The van der Waals surface area contributed by atoms with Gasteiger partial charge in [-0.2, -0.15) is 4.98 Å². The Morgan fingerprint density at radius 1 is 1.16 bits per heavy atom. The van der Waals surface area contributed by atoms with Crippen LogP contribution in [0.15, 0.2) is 36.7 Å². The molecule has 2 aromatic heterocycles. The number of nitrogens with zero attached hydrogens (tertiary/aromatic N) is 5. The van der Waals surface area contributed by atoms with E-state index in [9.17, 15) is 10.2 Å². The molecule has 9 nitrogen and oxygen atoms in total. The monoisotopic (exact) mass is 426 g/mol. The number of anilines is 2. The summed E-state index contributed by atoms with van der Waals surface area (Å²) in [6, 6.07) is 7.61. The van der Waals surface area contributed by atoms with Gasteiger partial charge >= 0.3 is 0 Å². The molecule has 166 valence electrons. The minimum atomic E-state index is -1.36. The van der Waals surface area contributed by atoms with Crippen LogP contribution in [0.1, 0.15) is 40.2 Å². The van der Waals surface area contributed by atoms with Gasteiger partial charge in [-0.05, 0) is 65.3 Å². The van der Waals surface area contributed by atoms with Crippen molar-refractivity contribution in [2.24, 2.45) is 0 Å². The third-order valence-corrected chi connectivity index (χ3v) is 4.94. The van der Waals surface area contributed by atoms with Crippen molar-refractivity contribution >= 4 is 11.6 Å². The van der Waals surface area contributed by atoms with Crippen molar-refractivity contribution in [3.8, 4) is 17.1 Å². The minimum absolute atomic E-state index is 0.0214. The Hall–Kier alpha value is -3.04. The van der Waals surface area contributed by atoms with Gasteiger partial charge in [0.25, 0.3) is 0 Å². The van der Waals surface area contributed by atoms with Crippen molar-refractivity contribution in [1.82, 2.24) is 25.0 Å². The van der Waals surface area contributed by atoms with Crippen LogP contribution in [0.3, 0.4) is 0 Å². The topological polar surface area (TPSA) is 118 Å². The summed E-state index contributed by atoms with van der Waals surface area (Å²) in [6.07, 6.45) is 3.41. The van der Waals surface area contributed by atoms with E-state index >= 15 is 0 Å². The van der Waals surface area contributed by atoms with Gasteiger partial charge < -0.3 is 20.3 Å². The molecule has 31 heavy (non-hydrogen) atoms. The predicted octanol–water partition coefficient (Wildman–Crippen LogP) is 3.10. The van der Waals surface area contributed by atoms with Crippen LogP contribution in [0, 0.1) is 6.92 Å². The molecule has 1 atom stereocenters. The number of ether oxygens (including phenoxy) is 1. The van der Waals surface area contributed by atoms with Gasteiger partial charge in [-0.3, -0.25) is 0 Å². The molecule has 3 rings (SSSR count). The molecule has 0 radical (unpaired) electrons. The fourth-order valence-electron chi connectivity index (χ4n) is 2.86. The summed E-state index contributed by atoms with van der Waals surface area (Å²) < 4.78 is 7.15. The highest BCUT2D eigenvalue weighted by Crippen LogP contribution is 2.27. The molecule has 3 aromatic rings. The number of hydrogen-bond acceptors (Lipinski definition) is 8. The first-order chi connectivity index (χ1) is 14.4. The molecule has 0 bridgehead atoms. The van der Waals surface area contributed by atoms with Crippen LogP contribution in [-0.2, 0) is 6.54 Å². The van der Waals surface area contributed by atoms with E-state index in [1.165, 1.54) is 4.68 Å². The second-order valence-electron chi connectivity index (χ2n) is 8.73. The summed E-state index contributed by atoms with van der Waals surface area (Å²) in [7, 11) is 0. The second-order valence-corrected chi connectivity index (χ2v) is 8.73. The Balaban J connectivity index is 1.82. The quantitative estimate of drug-likeness (QED) is 0.503. The van der Waals surface area contributed by atoms with Crippen LogP contribution in [0.5, 0.6) is 5.88 Å². The van der Waals surface area contributed by atoms with Gasteiger partial charge in [-0.15, -0.1) is 5.10 Å². The maximum absolute atomic E-state index is 10.5. The van der Waals surface area contributed by atoms with Crippen LogP contribution in [0.2, 0.25) is 0 Å². The largest absolute Gasteiger partial charge is 0.475 e. The van der Waals surface area contributed by atoms with Gasteiger partial charge in [-0.25, -0.2) is 9.67 Å². The SMILES string of the molecule is Cc1cc(Nc2nccc(OC(C)C)n2)cc(-c2cn(CC(C)(O)C(C)(C)O)nn2)c1. The van der Waals surface area contributed by atoms with E-state index in [0.717, 1.165) is 16.8 Å². The number of hydrogen-bond donors (Lipinski definition) is 3. The first-order valence-corrected chi connectivity index (χ1v) is 10.2. The van der Waals surface area contributed by atoms with Crippen LogP contribution in [0.25, 0.3) is 11.3 Å². The maximum Gasteiger partial charge on any atom is 0.230 e. The third-order valence-electron chi connectivity index (χ3n) is 4.94. The molecular weight excluding hydrogens is 396 g/mol. The third kappa shape index (κ3) is 5.77. The zero-order valence-corrected chi connectivity index (χ0v) is 18.8. The number of nitrogens with one attached hydrogen (secondary N) is 1. The molecule has 0 saturated carbocycles. The zero-order chi connectivity index (χ0) is 22.8. The average Bonchev–Trinajstić information content (AvgIpc) is 3.08. The molecule has 0 amide bonds. The number of aliphatic hydroxyl groups is 2. The molecule has 9 heteroatoms. The van der Waals surface area contributed by atoms with E-state index in [4.69, 9.17) is 4.74 Å². The van der Waals surface area contributed by atoms with E-state index in [1.54, 1.807) is 39.2 Å². The Bertz CT molecular complexity index is 1040. The Morgan fingerprint density at radius 2 is 1.90 bits per heavy atom. The fraction of sp³-hybridized carbons (Fsp3) is 0.455. The highest BCUT2D eigenvalue weighted by molar-refractivity contribution is 5.68. The lowest BCUT2D eigenvalue weighted by atomic mass is 9.88. The summed E-state index contributed by atoms with van der Waals surface area (Å²) in [5, 5.41) is 32.3. The predicted molar refractivity (Wildman–Crippen MR) is 118 cm³/mol. The van der Waals surface area contributed by atoms with Crippen molar-refractivity contribution in [3.63, 3.8) is 0 Å². The van der Waals surface area contributed by atoms with Crippen molar-refractivity contribution in [1.29, 1.82) is 0 Å². The van der Waals surface area contributed by atoms with Crippen molar-refractivity contribution in [3.05, 3.63) is 42.2 Å². The number of aromatic nitrogens is 5. The Labute approximate surface area is 182 Å². The molecule has 1 aromatic carbocycles. The Morgan fingerprint density at radius 3 is 2.58 bits per heavy atom. The molecule has 3 N–H and O–H groups in total. The standard InChI is InChI=1S/C22H30N6O3/c1-14(2)31-19-7-8-23-20(25-19)24-17-10-15(3)9-16(11-17)18-12-28(27-26-18)13-22(6,30)21(4,5)29/h7-12,14,29-30H,13H2,1-6H3,(H,23,24,25). The van der Waals surface area contributed by atoms with Crippen molar-refractivity contribution < 1.29 is 14.9 Å². The minimum Gasteiger partial charge on any atom is -0.475 e. The first kappa shape index (κ1) is 22.6. The van der Waals surface area contributed by atoms with Gasteiger partial charge in [0.15, 0.2) is 0 Å². The van der Waals surface area contributed by atoms with E-state index in [0.29, 0.717) is 17.5 Å². The number of benzene rings is 1. The van der Waals surface area contributed by atoms with Crippen molar-refractivity contribution in [2.75, 3.05) is 5.32 Å². The molecular formula is C22H30N6O3. The van der Waals surface area contributed by atoms with Gasteiger partial charge in [0, 0.05) is 23.5 Å². The molecule has 2 heterocycles. The lowest BCUT2D eigenvalue weighted by Crippen LogP contribution is -2.50. The van der Waals surface area contributed by atoms with Crippen molar-refractivity contribution in [2.45, 2.75) is 65.4 Å². The molecule has 0 aliphatic rings. The van der Waals surface area contributed by atoms with E-state index < -0.39 is 11.2 Å². The molecule has 1 unspecified atom stereocenters. The smallest absolute Gasteiger partial charge is 0.230 e.